The highest BCUT2D eigenvalue weighted by molar-refractivity contribution is 6.19. The highest BCUT2D eigenvalue weighted by Gasteiger charge is 2.13. The van der Waals surface area contributed by atoms with E-state index >= 15 is 0 Å². The molecule has 0 radical (unpaired) electrons. The van der Waals surface area contributed by atoms with Crippen LogP contribution in [0.2, 0.25) is 0 Å². The molecule has 0 aliphatic rings. The maximum Gasteiger partial charge on any atom is 0.253 e. The summed E-state index contributed by atoms with van der Waals surface area (Å²) in [7, 11) is 0. The quantitative estimate of drug-likeness (QED) is 0.816. The second-order valence-corrected chi connectivity index (χ2v) is 4.42. The van der Waals surface area contributed by atoms with Gasteiger partial charge in [0.2, 0.25) is 5.91 Å². The SMILES string of the molecule is CCN(CC)C(=O)c1cccc(NC(=O)CCCl)c1. The summed E-state index contributed by atoms with van der Waals surface area (Å²) in [5.41, 5.74) is 1.19. The molecule has 1 rings (SSSR count). The molecule has 0 unspecified atom stereocenters. The molecule has 0 saturated heterocycles. The number of benzene rings is 1. The monoisotopic (exact) mass is 282 g/mol. The number of halogens is 1. The number of alkyl halides is 1. The van der Waals surface area contributed by atoms with E-state index in [1.54, 1.807) is 29.2 Å². The normalized spacial score (nSPS) is 10.1. The molecule has 0 bridgehead atoms. The summed E-state index contributed by atoms with van der Waals surface area (Å²) in [5.74, 6) is 0.102. The Morgan fingerprint density at radius 2 is 1.95 bits per heavy atom. The van der Waals surface area contributed by atoms with Gasteiger partial charge in [-0.25, -0.2) is 0 Å². The molecule has 0 atom stereocenters. The molecule has 0 aliphatic heterocycles. The van der Waals surface area contributed by atoms with Crippen molar-refractivity contribution in [3.05, 3.63) is 29.8 Å². The lowest BCUT2D eigenvalue weighted by molar-refractivity contribution is -0.115. The molecule has 5 heteroatoms. The Labute approximate surface area is 118 Å². The Morgan fingerprint density at radius 3 is 2.53 bits per heavy atom. The van der Waals surface area contributed by atoms with Gasteiger partial charge in [0.05, 0.1) is 0 Å². The zero-order valence-corrected chi connectivity index (χ0v) is 12.0. The number of nitrogens with zero attached hydrogens (tertiary/aromatic N) is 1. The van der Waals surface area contributed by atoms with Gasteiger partial charge in [0.15, 0.2) is 0 Å². The number of anilines is 1. The Balaban J connectivity index is 2.82. The molecule has 1 aromatic carbocycles. The van der Waals surface area contributed by atoms with Crippen molar-refractivity contribution in [2.24, 2.45) is 0 Å². The second-order valence-electron chi connectivity index (χ2n) is 4.05. The van der Waals surface area contributed by atoms with E-state index in [0.29, 0.717) is 24.3 Å². The van der Waals surface area contributed by atoms with Crippen molar-refractivity contribution >= 4 is 29.1 Å². The molecule has 0 saturated carbocycles. The van der Waals surface area contributed by atoms with Crippen LogP contribution in [0, 0.1) is 0 Å². The van der Waals surface area contributed by atoms with Crippen LogP contribution in [-0.4, -0.2) is 35.7 Å². The summed E-state index contributed by atoms with van der Waals surface area (Å²) >= 11 is 5.50. The third-order valence-electron chi connectivity index (χ3n) is 2.77. The summed E-state index contributed by atoms with van der Waals surface area (Å²) in [6.45, 7) is 5.21. The fraction of sp³-hybridized carbons (Fsp3) is 0.429. The van der Waals surface area contributed by atoms with Crippen molar-refractivity contribution in [1.29, 1.82) is 0 Å². The van der Waals surface area contributed by atoms with Gasteiger partial charge in [0, 0.05) is 36.6 Å². The van der Waals surface area contributed by atoms with Gasteiger partial charge in [0.25, 0.3) is 5.91 Å². The van der Waals surface area contributed by atoms with E-state index < -0.39 is 0 Å². The van der Waals surface area contributed by atoms with Crippen LogP contribution in [0.4, 0.5) is 5.69 Å². The van der Waals surface area contributed by atoms with Crippen molar-refractivity contribution < 1.29 is 9.59 Å². The van der Waals surface area contributed by atoms with Crippen LogP contribution < -0.4 is 5.32 Å². The van der Waals surface area contributed by atoms with E-state index in [0.717, 1.165) is 0 Å². The van der Waals surface area contributed by atoms with Crippen molar-refractivity contribution in [2.45, 2.75) is 20.3 Å². The van der Waals surface area contributed by atoms with E-state index in [2.05, 4.69) is 5.32 Å². The Kier molecular flexibility index (Phi) is 6.36. The molecule has 1 N–H and O–H groups in total. The molecule has 19 heavy (non-hydrogen) atoms. The predicted octanol–water partition coefficient (Wildman–Crippen LogP) is 2.74. The fourth-order valence-corrected chi connectivity index (χ4v) is 1.90. The third-order valence-corrected chi connectivity index (χ3v) is 2.95. The molecule has 2 amide bonds. The second kappa shape index (κ2) is 7.79. The van der Waals surface area contributed by atoms with Gasteiger partial charge in [-0.2, -0.15) is 0 Å². The first-order valence-corrected chi connectivity index (χ1v) is 6.91. The number of carbonyl (C=O) groups is 2. The molecular weight excluding hydrogens is 264 g/mol. The summed E-state index contributed by atoms with van der Waals surface area (Å²) in [5, 5.41) is 2.72. The number of amides is 2. The van der Waals surface area contributed by atoms with Gasteiger partial charge in [-0.3, -0.25) is 9.59 Å². The fourth-order valence-electron chi connectivity index (χ4n) is 1.73. The number of rotatable bonds is 6. The van der Waals surface area contributed by atoms with E-state index in [1.807, 2.05) is 13.8 Å². The first kappa shape index (κ1) is 15.5. The lowest BCUT2D eigenvalue weighted by Gasteiger charge is -2.19. The van der Waals surface area contributed by atoms with Gasteiger partial charge >= 0.3 is 0 Å². The molecule has 0 heterocycles. The largest absolute Gasteiger partial charge is 0.339 e. The lowest BCUT2D eigenvalue weighted by atomic mass is 10.1. The number of carbonyl (C=O) groups excluding carboxylic acids is 2. The maximum atomic E-state index is 12.2. The van der Waals surface area contributed by atoms with Crippen LogP contribution >= 0.6 is 11.6 Å². The minimum atomic E-state index is -0.151. The van der Waals surface area contributed by atoms with Crippen molar-refractivity contribution in [1.82, 2.24) is 4.90 Å². The van der Waals surface area contributed by atoms with Gasteiger partial charge < -0.3 is 10.2 Å². The maximum absolute atomic E-state index is 12.2. The smallest absolute Gasteiger partial charge is 0.253 e. The van der Waals surface area contributed by atoms with Gasteiger partial charge in [-0.05, 0) is 32.0 Å². The van der Waals surface area contributed by atoms with E-state index in [1.165, 1.54) is 0 Å². The van der Waals surface area contributed by atoms with E-state index in [9.17, 15) is 9.59 Å². The Morgan fingerprint density at radius 1 is 1.26 bits per heavy atom. The molecule has 104 valence electrons. The topological polar surface area (TPSA) is 49.4 Å². The summed E-state index contributed by atoms with van der Waals surface area (Å²) < 4.78 is 0. The molecular formula is C14H19ClN2O2. The average molecular weight is 283 g/mol. The lowest BCUT2D eigenvalue weighted by Crippen LogP contribution is -2.30. The van der Waals surface area contributed by atoms with Gasteiger partial charge in [0.1, 0.15) is 0 Å². The highest BCUT2D eigenvalue weighted by atomic mass is 35.5. The molecule has 1 aromatic rings. The van der Waals surface area contributed by atoms with Crippen LogP contribution in [0.3, 0.4) is 0 Å². The average Bonchev–Trinajstić information content (AvgIpc) is 2.40. The Bertz CT molecular complexity index is 445. The van der Waals surface area contributed by atoms with Crippen molar-refractivity contribution in [3.63, 3.8) is 0 Å². The van der Waals surface area contributed by atoms with E-state index in [-0.39, 0.29) is 24.1 Å². The molecule has 0 spiro atoms. The summed E-state index contributed by atoms with van der Waals surface area (Å²) in [6, 6.07) is 6.95. The van der Waals surface area contributed by atoms with Crippen LogP contribution in [0.1, 0.15) is 30.6 Å². The minimum absolute atomic E-state index is 0.0292. The van der Waals surface area contributed by atoms with E-state index in [4.69, 9.17) is 11.6 Å². The summed E-state index contributed by atoms with van der Waals surface area (Å²) in [6.07, 6.45) is 0.260. The molecule has 0 aromatic heterocycles. The zero-order chi connectivity index (χ0) is 14.3. The molecule has 0 fully saturated rings. The number of nitrogens with one attached hydrogen (secondary N) is 1. The first-order chi connectivity index (χ1) is 9.12. The number of hydrogen-bond donors (Lipinski definition) is 1. The van der Waals surface area contributed by atoms with Gasteiger partial charge in [-0.15, -0.1) is 11.6 Å². The highest BCUT2D eigenvalue weighted by Crippen LogP contribution is 2.13. The van der Waals surface area contributed by atoms with Crippen molar-refractivity contribution in [3.8, 4) is 0 Å². The van der Waals surface area contributed by atoms with Crippen LogP contribution in [0.15, 0.2) is 24.3 Å². The van der Waals surface area contributed by atoms with Crippen molar-refractivity contribution in [2.75, 3.05) is 24.3 Å². The zero-order valence-electron chi connectivity index (χ0n) is 11.3. The third kappa shape index (κ3) is 4.56. The minimum Gasteiger partial charge on any atom is -0.339 e. The molecule has 4 nitrogen and oxygen atoms in total. The van der Waals surface area contributed by atoms with Gasteiger partial charge in [-0.1, -0.05) is 6.07 Å². The van der Waals surface area contributed by atoms with Crippen LogP contribution in [0.25, 0.3) is 0 Å². The molecule has 0 aliphatic carbocycles. The van der Waals surface area contributed by atoms with Crippen LogP contribution in [0.5, 0.6) is 0 Å². The van der Waals surface area contributed by atoms with Crippen LogP contribution in [-0.2, 0) is 4.79 Å². The predicted molar refractivity (Wildman–Crippen MR) is 77.7 cm³/mol. The Hall–Kier alpha value is -1.55. The first-order valence-electron chi connectivity index (χ1n) is 6.37. The standard InChI is InChI=1S/C14H19ClN2O2/c1-3-17(4-2)14(19)11-6-5-7-12(10-11)16-13(18)8-9-15/h5-7,10H,3-4,8-9H2,1-2H3,(H,16,18). The number of hydrogen-bond acceptors (Lipinski definition) is 2. The summed E-state index contributed by atoms with van der Waals surface area (Å²) in [4.78, 5) is 25.3.